The van der Waals surface area contributed by atoms with Crippen LogP contribution in [0, 0.1) is 12.8 Å². The molecule has 3 heteroatoms. The van der Waals surface area contributed by atoms with Crippen LogP contribution in [0.2, 0.25) is 0 Å². The molecule has 0 amide bonds. The highest BCUT2D eigenvalue weighted by atomic mass is 32.1. The van der Waals surface area contributed by atoms with Crippen LogP contribution in [0.25, 0.3) is 0 Å². The number of nitrogens with zero attached hydrogens (tertiary/aromatic N) is 1. The quantitative estimate of drug-likeness (QED) is 0.846. The maximum atomic E-state index is 4.28. The standard InChI is InChI=1S/C17H24N2S/c1-12(2)9-15-5-7-16(8-6-15)13(3)18-10-17-14(4)19-11-20-17/h5-8,11-13,18H,9-10H2,1-4H3. The molecule has 1 aromatic heterocycles. The molecule has 0 aliphatic heterocycles. The molecule has 0 aliphatic rings. The number of nitrogens with one attached hydrogen (secondary N) is 1. The van der Waals surface area contributed by atoms with Gasteiger partial charge in [-0.1, -0.05) is 38.1 Å². The summed E-state index contributed by atoms with van der Waals surface area (Å²) in [6.07, 6.45) is 1.15. The predicted molar refractivity (Wildman–Crippen MR) is 87.1 cm³/mol. The van der Waals surface area contributed by atoms with Crippen molar-refractivity contribution < 1.29 is 0 Å². The lowest BCUT2D eigenvalue weighted by Gasteiger charge is -2.15. The van der Waals surface area contributed by atoms with Gasteiger partial charge in [-0.05, 0) is 37.3 Å². The molecule has 1 N–H and O–H groups in total. The molecule has 0 aliphatic carbocycles. The average molecular weight is 288 g/mol. The molecular weight excluding hydrogens is 264 g/mol. The van der Waals surface area contributed by atoms with Gasteiger partial charge in [-0.3, -0.25) is 0 Å². The Kier molecular flexibility index (Phi) is 5.32. The number of aryl methyl sites for hydroxylation is 1. The third-order valence-corrected chi connectivity index (χ3v) is 4.47. The lowest BCUT2D eigenvalue weighted by atomic mass is 10.00. The molecule has 1 aromatic carbocycles. The van der Waals surface area contributed by atoms with Gasteiger partial charge in [0.25, 0.3) is 0 Å². The summed E-state index contributed by atoms with van der Waals surface area (Å²) >= 11 is 1.72. The number of aromatic nitrogens is 1. The summed E-state index contributed by atoms with van der Waals surface area (Å²) in [4.78, 5) is 5.61. The number of hydrogen-bond donors (Lipinski definition) is 1. The zero-order valence-electron chi connectivity index (χ0n) is 12.8. The highest BCUT2D eigenvalue weighted by molar-refractivity contribution is 7.09. The average Bonchev–Trinajstić information content (AvgIpc) is 2.82. The van der Waals surface area contributed by atoms with Gasteiger partial charge < -0.3 is 5.32 Å². The summed E-state index contributed by atoms with van der Waals surface area (Å²) in [6, 6.07) is 9.37. The molecule has 0 spiro atoms. The highest BCUT2D eigenvalue weighted by Gasteiger charge is 2.07. The van der Waals surface area contributed by atoms with Crippen molar-refractivity contribution in [1.29, 1.82) is 0 Å². The Morgan fingerprint density at radius 2 is 1.85 bits per heavy atom. The van der Waals surface area contributed by atoms with Crippen molar-refractivity contribution in [2.45, 2.75) is 46.7 Å². The third kappa shape index (κ3) is 4.15. The van der Waals surface area contributed by atoms with E-state index in [1.807, 2.05) is 5.51 Å². The molecule has 0 fully saturated rings. The van der Waals surface area contributed by atoms with Crippen molar-refractivity contribution >= 4 is 11.3 Å². The maximum Gasteiger partial charge on any atom is 0.0798 e. The van der Waals surface area contributed by atoms with Gasteiger partial charge in [-0.25, -0.2) is 4.98 Å². The summed E-state index contributed by atoms with van der Waals surface area (Å²) in [5.74, 6) is 0.714. The lowest BCUT2D eigenvalue weighted by Crippen LogP contribution is -2.18. The highest BCUT2D eigenvalue weighted by Crippen LogP contribution is 2.18. The fourth-order valence-corrected chi connectivity index (χ4v) is 3.00. The van der Waals surface area contributed by atoms with Crippen LogP contribution in [0.4, 0.5) is 0 Å². The summed E-state index contributed by atoms with van der Waals surface area (Å²) in [7, 11) is 0. The second kappa shape index (κ2) is 7.00. The first-order valence-electron chi connectivity index (χ1n) is 7.27. The molecule has 1 unspecified atom stereocenters. The van der Waals surface area contributed by atoms with E-state index in [1.54, 1.807) is 11.3 Å². The second-order valence-electron chi connectivity index (χ2n) is 5.80. The fraction of sp³-hybridized carbons (Fsp3) is 0.471. The van der Waals surface area contributed by atoms with Gasteiger partial charge in [0.1, 0.15) is 0 Å². The zero-order chi connectivity index (χ0) is 14.5. The minimum Gasteiger partial charge on any atom is -0.305 e. The first-order valence-corrected chi connectivity index (χ1v) is 8.15. The van der Waals surface area contributed by atoms with Crippen LogP contribution in [0.15, 0.2) is 29.8 Å². The number of thiazole rings is 1. The monoisotopic (exact) mass is 288 g/mol. The van der Waals surface area contributed by atoms with Crippen molar-refractivity contribution in [2.24, 2.45) is 5.92 Å². The molecule has 0 saturated carbocycles. The molecular formula is C17H24N2S. The van der Waals surface area contributed by atoms with Crippen LogP contribution in [-0.4, -0.2) is 4.98 Å². The summed E-state index contributed by atoms with van der Waals surface area (Å²) in [6.45, 7) is 9.70. The van der Waals surface area contributed by atoms with E-state index >= 15 is 0 Å². The van der Waals surface area contributed by atoms with Gasteiger partial charge in [0.05, 0.1) is 11.2 Å². The molecule has 2 nitrogen and oxygen atoms in total. The summed E-state index contributed by atoms with van der Waals surface area (Å²) < 4.78 is 0. The molecule has 1 atom stereocenters. The van der Waals surface area contributed by atoms with E-state index in [0.29, 0.717) is 12.0 Å². The van der Waals surface area contributed by atoms with E-state index in [-0.39, 0.29) is 0 Å². The Labute approximate surface area is 126 Å². The van der Waals surface area contributed by atoms with E-state index in [9.17, 15) is 0 Å². The van der Waals surface area contributed by atoms with Gasteiger partial charge in [-0.15, -0.1) is 11.3 Å². The molecule has 2 aromatic rings. The van der Waals surface area contributed by atoms with Crippen molar-refractivity contribution in [2.75, 3.05) is 0 Å². The molecule has 0 saturated heterocycles. The summed E-state index contributed by atoms with van der Waals surface area (Å²) in [5, 5.41) is 3.57. The van der Waals surface area contributed by atoms with E-state index in [1.165, 1.54) is 16.0 Å². The lowest BCUT2D eigenvalue weighted by molar-refractivity contribution is 0.576. The molecule has 20 heavy (non-hydrogen) atoms. The Morgan fingerprint density at radius 1 is 1.15 bits per heavy atom. The predicted octanol–water partition coefficient (Wildman–Crippen LogP) is 4.50. The van der Waals surface area contributed by atoms with Crippen LogP contribution in [0.3, 0.4) is 0 Å². The van der Waals surface area contributed by atoms with Gasteiger partial charge in [0.15, 0.2) is 0 Å². The van der Waals surface area contributed by atoms with E-state index < -0.39 is 0 Å². The van der Waals surface area contributed by atoms with Crippen molar-refractivity contribution in [1.82, 2.24) is 10.3 Å². The van der Waals surface area contributed by atoms with Crippen LogP contribution in [-0.2, 0) is 13.0 Å². The minimum absolute atomic E-state index is 0.365. The number of benzene rings is 1. The van der Waals surface area contributed by atoms with Crippen molar-refractivity contribution in [3.05, 3.63) is 51.5 Å². The zero-order valence-corrected chi connectivity index (χ0v) is 13.6. The largest absolute Gasteiger partial charge is 0.305 e. The van der Waals surface area contributed by atoms with Gasteiger partial charge >= 0.3 is 0 Å². The first-order chi connectivity index (χ1) is 9.56. The van der Waals surface area contributed by atoms with Gasteiger partial charge in [0, 0.05) is 17.5 Å². The molecule has 0 bridgehead atoms. The van der Waals surface area contributed by atoms with Crippen LogP contribution in [0.1, 0.15) is 48.5 Å². The van der Waals surface area contributed by atoms with E-state index in [0.717, 1.165) is 18.7 Å². The number of rotatable bonds is 6. The smallest absolute Gasteiger partial charge is 0.0798 e. The third-order valence-electron chi connectivity index (χ3n) is 3.54. The van der Waals surface area contributed by atoms with Gasteiger partial charge in [0.2, 0.25) is 0 Å². The van der Waals surface area contributed by atoms with Crippen LogP contribution < -0.4 is 5.32 Å². The fourth-order valence-electron chi connectivity index (χ4n) is 2.27. The topological polar surface area (TPSA) is 24.9 Å². The Bertz CT molecular complexity index is 528. The van der Waals surface area contributed by atoms with Crippen LogP contribution >= 0.6 is 11.3 Å². The summed E-state index contributed by atoms with van der Waals surface area (Å²) in [5.41, 5.74) is 5.83. The van der Waals surface area contributed by atoms with Crippen molar-refractivity contribution in [3.8, 4) is 0 Å². The second-order valence-corrected chi connectivity index (χ2v) is 6.74. The minimum atomic E-state index is 0.365. The number of hydrogen-bond acceptors (Lipinski definition) is 3. The molecule has 1 heterocycles. The van der Waals surface area contributed by atoms with Gasteiger partial charge in [-0.2, -0.15) is 0 Å². The van der Waals surface area contributed by atoms with E-state index in [4.69, 9.17) is 0 Å². The van der Waals surface area contributed by atoms with E-state index in [2.05, 4.69) is 62.3 Å². The van der Waals surface area contributed by atoms with Crippen LogP contribution in [0.5, 0.6) is 0 Å². The molecule has 108 valence electrons. The first kappa shape index (κ1) is 15.2. The Morgan fingerprint density at radius 3 is 2.40 bits per heavy atom. The Balaban J connectivity index is 1.92. The maximum absolute atomic E-state index is 4.28. The normalized spacial score (nSPS) is 12.8. The SMILES string of the molecule is Cc1ncsc1CNC(C)c1ccc(CC(C)C)cc1. The van der Waals surface area contributed by atoms with Crippen molar-refractivity contribution in [3.63, 3.8) is 0 Å². The molecule has 0 radical (unpaired) electrons. The molecule has 2 rings (SSSR count). The Hall–Kier alpha value is -1.19.